The number of ether oxygens (including phenoxy) is 1. The molecule has 8 heteroatoms. The van der Waals surface area contributed by atoms with Crippen molar-refractivity contribution in [1.29, 1.82) is 0 Å². The number of aryl methyl sites for hydroxylation is 1. The summed E-state index contributed by atoms with van der Waals surface area (Å²) in [6, 6.07) is 1.43. The van der Waals surface area contributed by atoms with Crippen molar-refractivity contribution in [1.82, 2.24) is 20.6 Å². The van der Waals surface area contributed by atoms with Gasteiger partial charge in [-0.2, -0.15) is 4.98 Å². The SMILES string of the molecule is Cc1nc(OCCNC(=O)C2CCC(=O)N2)cc(N2CCCC2)n1. The summed E-state index contributed by atoms with van der Waals surface area (Å²) < 4.78 is 5.64. The zero-order valence-electron chi connectivity index (χ0n) is 13.9. The minimum absolute atomic E-state index is 0.0719. The van der Waals surface area contributed by atoms with Gasteiger partial charge in [-0.05, 0) is 26.2 Å². The van der Waals surface area contributed by atoms with Gasteiger partial charge in [-0.1, -0.05) is 0 Å². The molecule has 8 nitrogen and oxygen atoms in total. The first-order chi connectivity index (χ1) is 11.6. The van der Waals surface area contributed by atoms with E-state index in [1.54, 1.807) is 0 Å². The van der Waals surface area contributed by atoms with Crippen molar-refractivity contribution < 1.29 is 14.3 Å². The number of hydrogen-bond donors (Lipinski definition) is 2. The number of aromatic nitrogens is 2. The van der Waals surface area contributed by atoms with Crippen LogP contribution in [0.25, 0.3) is 0 Å². The minimum Gasteiger partial charge on any atom is -0.476 e. The van der Waals surface area contributed by atoms with Crippen LogP contribution in [-0.4, -0.2) is 54.1 Å². The monoisotopic (exact) mass is 333 g/mol. The van der Waals surface area contributed by atoms with Crippen molar-refractivity contribution in [2.75, 3.05) is 31.1 Å². The van der Waals surface area contributed by atoms with Crippen molar-refractivity contribution in [3.63, 3.8) is 0 Å². The highest BCUT2D eigenvalue weighted by Gasteiger charge is 2.26. The normalized spacial score (nSPS) is 20.1. The first kappa shape index (κ1) is 16.5. The molecule has 130 valence electrons. The molecule has 1 aromatic rings. The fourth-order valence-corrected chi connectivity index (χ4v) is 2.97. The van der Waals surface area contributed by atoms with Crippen LogP contribution in [0.3, 0.4) is 0 Å². The van der Waals surface area contributed by atoms with Crippen LogP contribution in [0.15, 0.2) is 6.07 Å². The maximum atomic E-state index is 11.9. The third-order valence-electron chi connectivity index (χ3n) is 4.19. The van der Waals surface area contributed by atoms with Crippen LogP contribution in [0.4, 0.5) is 5.82 Å². The smallest absolute Gasteiger partial charge is 0.242 e. The van der Waals surface area contributed by atoms with Crippen LogP contribution < -0.4 is 20.3 Å². The molecule has 0 radical (unpaired) electrons. The average Bonchev–Trinajstić information content (AvgIpc) is 3.22. The molecule has 2 amide bonds. The van der Waals surface area contributed by atoms with Gasteiger partial charge in [-0.15, -0.1) is 0 Å². The summed E-state index contributed by atoms with van der Waals surface area (Å²) in [7, 11) is 0. The topological polar surface area (TPSA) is 96.4 Å². The molecular weight excluding hydrogens is 310 g/mol. The summed E-state index contributed by atoms with van der Waals surface area (Å²) in [5, 5.41) is 5.41. The lowest BCUT2D eigenvalue weighted by molar-refractivity contribution is -0.125. The fourth-order valence-electron chi connectivity index (χ4n) is 2.97. The number of nitrogens with one attached hydrogen (secondary N) is 2. The lowest BCUT2D eigenvalue weighted by Gasteiger charge is -2.17. The first-order valence-corrected chi connectivity index (χ1v) is 8.42. The lowest BCUT2D eigenvalue weighted by Crippen LogP contribution is -2.42. The van der Waals surface area contributed by atoms with Crippen LogP contribution in [0, 0.1) is 6.92 Å². The van der Waals surface area contributed by atoms with E-state index in [4.69, 9.17) is 4.74 Å². The van der Waals surface area contributed by atoms with Crippen LogP contribution in [0.2, 0.25) is 0 Å². The van der Waals surface area contributed by atoms with Crippen LogP contribution in [0.5, 0.6) is 5.88 Å². The molecule has 0 saturated carbocycles. The third-order valence-corrected chi connectivity index (χ3v) is 4.19. The average molecular weight is 333 g/mol. The lowest BCUT2D eigenvalue weighted by atomic mass is 10.2. The molecule has 0 aromatic carbocycles. The predicted molar refractivity (Wildman–Crippen MR) is 87.9 cm³/mol. The summed E-state index contributed by atoms with van der Waals surface area (Å²) >= 11 is 0. The maximum absolute atomic E-state index is 11.9. The van der Waals surface area contributed by atoms with Crippen LogP contribution in [0.1, 0.15) is 31.5 Å². The number of amides is 2. The van der Waals surface area contributed by atoms with E-state index in [-0.39, 0.29) is 11.8 Å². The fraction of sp³-hybridized carbons (Fsp3) is 0.625. The van der Waals surface area contributed by atoms with Crippen LogP contribution in [-0.2, 0) is 9.59 Å². The number of carbonyl (C=O) groups excluding carboxylic acids is 2. The van der Waals surface area contributed by atoms with Gasteiger partial charge in [0.1, 0.15) is 24.3 Å². The molecule has 2 N–H and O–H groups in total. The molecule has 0 aliphatic carbocycles. The van der Waals surface area contributed by atoms with Gasteiger partial charge >= 0.3 is 0 Å². The maximum Gasteiger partial charge on any atom is 0.242 e. The molecule has 0 bridgehead atoms. The quantitative estimate of drug-likeness (QED) is 0.720. The van der Waals surface area contributed by atoms with Crippen molar-refractivity contribution >= 4 is 17.6 Å². The highest BCUT2D eigenvalue weighted by atomic mass is 16.5. The molecule has 3 rings (SSSR count). The molecule has 2 aliphatic rings. The second-order valence-corrected chi connectivity index (χ2v) is 6.10. The Morgan fingerprint density at radius 3 is 2.92 bits per heavy atom. The second kappa shape index (κ2) is 7.46. The summed E-state index contributed by atoms with van der Waals surface area (Å²) in [6.45, 7) is 4.56. The van der Waals surface area contributed by atoms with Gasteiger partial charge in [0.05, 0.1) is 6.54 Å². The van der Waals surface area contributed by atoms with E-state index < -0.39 is 6.04 Å². The van der Waals surface area contributed by atoms with Crippen molar-refractivity contribution in [3.8, 4) is 5.88 Å². The molecular formula is C16H23N5O3. The van der Waals surface area contributed by atoms with Crippen molar-refractivity contribution in [3.05, 3.63) is 11.9 Å². The highest BCUT2D eigenvalue weighted by Crippen LogP contribution is 2.21. The van der Waals surface area contributed by atoms with Gasteiger partial charge in [0.15, 0.2) is 0 Å². The van der Waals surface area contributed by atoms with E-state index >= 15 is 0 Å². The Morgan fingerprint density at radius 2 is 2.21 bits per heavy atom. The molecule has 1 atom stereocenters. The second-order valence-electron chi connectivity index (χ2n) is 6.10. The van der Waals surface area contributed by atoms with E-state index in [2.05, 4.69) is 25.5 Å². The Hall–Kier alpha value is -2.38. The van der Waals surface area contributed by atoms with E-state index in [9.17, 15) is 9.59 Å². The Labute approximate surface area is 141 Å². The molecule has 1 aromatic heterocycles. The van der Waals surface area contributed by atoms with Gasteiger partial charge in [0, 0.05) is 25.6 Å². The number of rotatable bonds is 6. The molecule has 1 unspecified atom stereocenters. The van der Waals surface area contributed by atoms with E-state index in [1.807, 2.05) is 13.0 Å². The Balaban J connectivity index is 1.46. The third kappa shape index (κ3) is 4.12. The standard InChI is InChI=1S/C16H23N5O3/c1-11-18-13(21-7-2-3-8-21)10-15(19-11)24-9-6-17-16(23)12-4-5-14(22)20-12/h10,12H,2-9H2,1H3,(H,17,23)(H,20,22). The van der Waals surface area contributed by atoms with Crippen molar-refractivity contribution in [2.45, 2.75) is 38.6 Å². The molecule has 2 aliphatic heterocycles. The first-order valence-electron chi connectivity index (χ1n) is 8.42. The molecule has 2 saturated heterocycles. The predicted octanol–water partition coefficient (Wildman–Crippen LogP) is 0.159. The number of carbonyl (C=O) groups is 2. The summed E-state index contributed by atoms with van der Waals surface area (Å²) in [6.07, 6.45) is 3.33. The van der Waals surface area contributed by atoms with Gasteiger partial charge in [0.2, 0.25) is 17.7 Å². The Morgan fingerprint density at radius 1 is 1.42 bits per heavy atom. The molecule has 24 heavy (non-hydrogen) atoms. The highest BCUT2D eigenvalue weighted by molar-refractivity contribution is 5.90. The Bertz CT molecular complexity index is 616. The van der Waals surface area contributed by atoms with E-state index in [0.29, 0.717) is 37.7 Å². The number of nitrogens with zero attached hydrogens (tertiary/aromatic N) is 3. The largest absolute Gasteiger partial charge is 0.476 e. The Kier molecular flexibility index (Phi) is 5.12. The summed E-state index contributed by atoms with van der Waals surface area (Å²) in [4.78, 5) is 33.9. The van der Waals surface area contributed by atoms with Crippen molar-refractivity contribution in [2.24, 2.45) is 0 Å². The summed E-state index contributed by atoms with van der Waals surface area (Å²) in [5.41, 5.74) is 0. The molecule has 3 heterocycles. The van der Waals surface area contributed by atoms with E-state index in [0.717, 1.165) is 18.9 Å². The minimum atomic E-state index is -0.416. The zero-order chi connectivity index (χ0) is 16.9. The molecule has 0 spiro atoms. The summed E-state index contributed by atoms with van der Waals surface area (Å²) in [5.74, 6) is 1.85. The van der Waals surface area contributed by atoms with Gasteiger partial charge in [0.25, 0.3) is 0 Å². The van der Waals surface area contributed by atoms with Gasteiger partial charge in [-0.3, -0.25) is 9.59 Å². The number of hydrogen-bond acceptors (Lipinski definition) is 6. The van der Waals surface area contributed by atoms with Gasteiger partial charge < -0.3 is 20.3 Å². The van der Waals surface area contributed by atoms with Gasteiger partial charge in [-0.25, -0.2) is 4.98 Å². The zero-order valence-corrected chi connectivity index (χ0v) is 13.9. The van der Waals surface area contributed by atoms with Crippen LogP contribution >= 0.6 is 0 Å². The molecule has 2 fully saturated rings. The number of anilines is 1. The van der Waals surface area contributed by atoms with E-state index in [1.165, 1.54) is 12.8 Å².